The average Bonchev–Trinajstić information content (AvgIpc) is 3.98. The van der Waals surface area contributed by atoms with Gasteiger partial charge in [0, 0.05) is 18.7 Å². The smallest absolute Gasteiger partial charge is 0.405 e. The molecule has 54 heavy (non-hydrogen) atoms. The second-order valence-corrected chi connectivity index (χ2v) is 13.8. The van der Waals surface area contributed by atoms with Crippen molar-refractivity contribution < 1.29 is 29.4 Å². The molecule has 2 aliphatic heterocycles. The lowest BCUT2D eigenvalue weighted by Gasteiger charge is -2.27. The number of carbonyl (C=O) groups is 4. The number of aromatic amines is 2. The number of rotatable bonds is 13. The van der Waals surface area contributed by atoms with E-state index in [2.05, 4.69) is 81.8 Å². The number of amides is 4. The van der Waals surface area contributed by atoms with E-state index < -0.39 is 24.3 Å². The second-order valence-electron chi connectivity index (χ2n) is 13.8. The van der Waals surface area contributed by atoms with E-state index in [1.165, 1.54) is 12.2 Å². The second kappa shape index (κ2) is 16.2. The van der Waals surface area contributed by atoms with Gasteiger partial charge in [-0.3, -0.25) is 9.59 Å². The number of H-pyrrole nitrogens is 2. The predicted octanol–water partition coefficient (Wildman–Crippen LogP) is 6.50. The number of hydrogen-bond acceptors (Lipinski definition) is 6. The van der Waals surface area contributed by atoms with Crippen molar-refractivity contribution in [3.63, 3.8) is 0 Å². The maximum atomic E-state index is 13.3. The van der Waals surface area contributed by atoms with Crippen molar-refractivity contribution in [2.75, 3.05) is 13.1 Å². The third-order valence-corrected chi connectivity index (χ3v) is 10.5. The molecule has 2 aromatic heterocycles. The molecule has 0 unspecified atom stereocenters. The van der Waals surface area contributed by atoms with Crippen molar-refractivity contribution >= 4 is 24.0 Å². The lowest BCUT2D eigenvalue weighted by molar-refractivity contribution is -0.135. The van der Waals surface area contributed by atoms with Crippen molar-refractivity contribution in [1.29, 1.82) is 0 Å². The summed E-state index contributed by atoms with van der Waals surface area (Å²) in [4.78, 5) is 68.8. The summed E-state index contributed by atoms with van der Waals surface area (Å²) < 4.78 is 0. The van der Waals surface area contributed by atoms with Crippen LogP contribution in [0.25, 0.3) is 33.6 Å². The molecule has 2 fully saturated rings. The van der Waals surface area contributed by atoms with Gasteiger partial charge in [0.1, 0.15) is 23.7 Å². The first-order chi connectivity index (χ1) is 26.0. The summed E-state index contributed by atoms with van der Waals surface area (Å²) in [5, 5.41) is 23.1. The molecule has 0 saturated carbocycles. The number of benzene rings is 2. The van der Waals surface area contributed by atoms with Crippen LogP contribution >= 0.6 is 0 Å². The van der Waals surface area contributed by atoms with Crippen LogP contribution in [0.2, 0.25) is 0 Å². The molecule has 4 aromatic rings. The SMILES string of the molecule is C=CC[C@H](NC(=O)O)C(=O)N1CCC[C@H]1c1ncc(-c2ccc(-c3ccc(-c4cnc([C@@H]5CCCN5C(=O)[C@H](CC=C)NC(=O)O)[nH]4)c(C)c3C)cc2)[nH]1. The molecule has 0 radical (unpaired) electrons. The fourth-order valence-electron chi connectivity index (χ4n) is 7.65. The molecule has 14 heteroatoms. The molecule has 2 aliphatic rings. The molecular weight excluding hydrogens is 688 g/mol. The Bertz CT molecular complexity index is 2050. The monoisotopic (exact) mass is 734 g/mol. The maximum Gasteiger partial charge on any atom is 0.405 e. The first-order valence-corrected chi connectivity index (χ1v) is 18.1. The van der Waals surface area contributed by atoms with Gasteiger partial charge in [-0.1, -0.05) is 48.6 Å². The van der Waals surface area contributed by atoms with Gasteiger partial charge >= 0.3 is 12.2 Å². The van der Waals surface area contributed by atoms with E-state index in [1.54, 1.807) is 22.2 Å². The lowest BCUT2D eigenvalue weighted by Crippen LogP contribution is -2.47. The number of carbonyl (C=O) groups excluding carboxylic acids is 2. The number of nitrogens with one attached hydrogen (secondary N) is 4. The Morgan fingerprint density at radius 2 is 1.19 bits per heavy atom. The Kier molecular flexibility index (Phi) is 11.3. The number of imidazole rings is 2. The van der Waals surface area contributed by atoms with Gasteiger partial charge in [-0.15, -0.1) is 13.2 Å². The Morgan fingerprint density at radius 3 is 1.69 bits per heavy atom. The molecule has 0 bridgehead atoms. The third kappa shape index (κ3) is 7.77. The molecule has 4 atom stereocenters. The van der Waals surface area contributed by atoms with Crippen LogP contribution in [0.5, 0.6) is 0 Å². The van der Waals surface area contributed by atoms with E-state index in [-0.39, 0.29) is 36.7 Å². The van der Waals surface area contributed by atoms with Gasteiger partial charge in [0.2, 0.25) is 11.8 Å². The van der Waals surface area contributed by atoms with Crippen molar-refractivity contribution in [2.45, 2.75) is 76.5 Å². The average molecular weight is 735 g/mol. The molecule has 0 spiro atoms. The maximum absolute atomic E-state index is 13.3. The summed E-state index contributed by atoms with van der Waals surface area (Å²) in [6, 6.07) is 10.0. The van der Waals surface area contributed by atoms with E-state index in [4.69, 9.17) is 0 Å². The molecule has 2 saturated heterocycles. The van der Waals surface area contributed by atoms with Gasteiger partial charge in [-0.25, -0.2) is 19.6 Å². The van der Waals surface area contributed by atoms with Gasteiger partial charge in [-0.05, 0) is 80.2 Å². The van der Waals surface area contributed by atoms with Crippen LogP contribution < -0.4 is 10.6 Å². The van der Waals surface area contributed by atoms with E-state index in [0.29, 0.717) is 24.7 Å². The van der Waals surface area contributed by atoms with Crippen molar-refractivity contribution in [1.82, 2.24) is 40.4 Å². The summed E-state index contributed by atoms with van der Waals surface area (Å²) in [6.45, 7) is 12.5. The molecule has 282 valence electrons. The zero-order chi connectivity index (χ0) is 38.5. The van der Waals surface area contributed by atoms with Gasteiger partial charge < -0.3 is 40.6 Å². The Labute approximate surface area is 313 Å². The fourth-order valence-corrected chi connectivity index (χ4v) is 7.65. The molecule has 4 heterocycles. The van der Waals surface area contributed by atoms with Crippen molar-refractivity contribution in [2.24, 2.45) is 0 Å². The highest BCUT2D eigenvalue weighted by molar-refractivity contribution is 5.87. The van der Waals surface area contributed by atoms with Crippen LogP contribution in [0.3, 0.4) is 0 Å². The molecule has 6 rings (SSSR count). The van der Waals surface area contributed by atoms with Crippen molar-refractivity contribution in [3.05, 3.63) is 96.9 Å². The quantitative estimate of drug-likeness (QED) is 0.0837. The topological polar surface area (TPSA) is 197 Å². The summed E-state index contributed by atoms with van der Waals surface area (Å²) >= 11 is 0. The van der Waals surface area contributed by atoms with Gasteiger partial charge in [0.05, 0.1) is 35.9 Å². The summed E-state index contributed by atoms with van der Waals surface area (Å²) in [5.74, 6) is 0.756. The van der Waals surface area contributed by atoms with E-state index in [9.17, 15) is 29.4 Å². The normalized spacial score (nSPS) is 17.9. The highest BCUT2D eigenvalue weighted by atomic mass is 16.4. The van der Waals surface area contributed by atoms with Crippen LogP contribution in [0.15, 0.2) is 74.1 Å². The number of nitrogens with zero attached hydrogens (tertiary/aromatic N) is 4. The van der Waals surface area contributed by atoms with Gasteiger partial charge in [0.25, 0.3) is 0 Å². The van der Waals surface area contributed by atoms with Crippen molar-refractivity contribution in [3.8, 4) is 33.6 Å². The zero-order valence-electron chi connectivity index (χ0n) is 30.5. The van der Waals surface area contributed by atoms with Gasteiger partial charge in [-0.2, -0.15) is 0 Å². The Hall–Kier alpha value is -6.18. The zero-order valence-corrected chi connectivity index (χ0v) is 30.5. The van der Waals surface area contributed by atoms with Crippen LogP contribution in [0.4, 0.5) is 9.59 Å². The largest absolute Gasteiger partial charge is 0.465 e. The summed E-state index contributed by atoms with van der Waals surface area (Å²) in [5.41, 5.74) is 7.93. The highest BCUT2D eigenvalue weighted by Gasteiger charge is 2.37. The molecule has 0 aliphatic carbocycles. The Morgan fingerprint density at radius 1 is 0.741 bits per heavy atom. The molecule has 2 aromatic carbocycles. The molecule has 4 amide bonds. The minimum Gasteiger partial charge on any atom is -0.465 e. The molecule has 14 nitrogen and oxygen atoms in total. The fraction of sp³-hybridized carbons (Fsp3) is 0.350. The standard InChI is InChI=1S/C40H46N8O6/c1-5-9-29(45-39(51)52)37(49)47-19-7-11-33(47)35-41-21-31(43-35)26-15-13-25(14-16-26)27-17-18-28(24(4)23(27)3)32-22-42-36(44-32)34-12-8-20-48(34)38(50)30(10-6-2)46-40(53)54/h5-6,13-18,21-22,29-30,33-34,45-46H,1-2,7-12,19-20H2,3-4H3,(H,41,43)(H,42,44)(H,51,52)(H,53,54)/t29-,30-,33-,34-/m0/s1. The minimum absolute atomic E-state index is 0.201. The summed E-state index contributed by atoms with van der Waals surface area (Å²) in [6.07, 6.45) is 7.55. The lowest BCUT2D eigenvalue weighted by atomic mass is 9.92. The van der Waals surface area contributed by atoms with Gasteiger partial charge in [0.15, 0.2) is 0 Å². The number of carboxylic acid groups (broad SMARTS) is 2. The first-order valence-electron chi connectivity index (χ1n) is 18.1. The van der Waals surface area contributed by atoms with Crippen LogP contribution in [-0.4, -0.2) is 89.1 Å². The number of likely N-dealkylation sites (tertiary alicyclic amines) is 2. The van der Waals surface area contributed by atoms with Crippen LogP contribution in [0.1, 0.15) is 73.4 Å². The first kappa shape index (κ1) is 37.6. The van der Waals surface area contributed by atoms with E-state index in [1.807, 2.05) is 12.1 Å². The van der Waals surface area contributed by atoms with E-state index >= 15 is 0 Å². The predicted molar refractivity (Wildman–Crippen MR) is 203 cm³/mol. The molecular formula is C40H46N8O6. The number of aromatic nitrogens is 4. The molecule has 6 N–H and O–H groups in total. The minimum atomic E-state index is -1.25. The van der Waals surface area contributed by atoms with E-state index in [0.717, 1.165) is 70.5 Å². The highest BCUT2D eigenvalue weighted by Crippen LogP contribution is 2.37. The Balaban J connectivity index is 1.16. The summed E-state index contributed by atoms with van der Waals surface area (Å²) in [7, 11) is 0. The third-order valence-electron chi connectivity index (χ3n) is 10.5. The van der Waals surface area contributed by atoms with Crippen LogP contribution in [0, 0.1) is 13.8 Å². The number of hydrogen-bond donors (Lipinski definition) is 6. The van der Waals surface area contributed by atoms with Crippen LogP contribution in [-0.2, 0) is 9.59 Å².